The molecule has 0 aromatic heterocycles. The molecule has 0 bridgehead atoms. The van der Waals surface area contributed by atoms with Crippen molar-refractivity contribution in [3.8, 4) is 0 Å². The molecule has 0 amide bonds. The van der Waals surface area contributed by atoms with Gasteiger partial charge in [-0.3, -0.25) is 4.79 Å². The quantitative estimate of drug-likeness (QED) is 0.456. The summed E-state index contributed by atoms with van der Waals surface area (Å²) in [5.41, 5.74) is 0.991. The van der Waals surface area contributed by atoms with Crippen molar-refractivity contribution in [2.24, 2.45) is 0 Å². The lowest BCUT2D eigenvalue weighted by atomic mass is 10.1. The van der Waals surface area contributed by atoms with E-state index < -0.39 is 0 Å². The second-order valence-electron chi connectivity index (χ2n) is 6.39. The molecule has 0 saturated carbocycles. The van der Waals surface area contributed by atoms with E-state index in [9.17, 15) is 4.79 Å². The summed E-state index contributed by atoms with van der Waals surface area (Å²) in [6.07, 6.45) is 8.23. The van der Waals surface area contributed by atoms with Crippen LogP contribution in [0.2, 0.25) is 0 Å². The molecule has 1 fully saturated rings. The predicted octanol–water partition coefficient (Wildman–Crippen LogP) is 4.78. The van der Waals surface area contributed by atoms with E-state index in [1.165, 1.54) is 32.1 Å². The van der Waals surface area contributed by atoms with Gasteiger partial charge in [0.1, 0.15) is 6.10 Å². The largest absolute Gasteiger partial charge is 0.457 e. The van der Waals surface area contributed by atoms with Crippen LogP contribution in [0, 0.1) is 0 Å². The van der Waals surface area contributed by atoms with Crippen molar-refractivity contribution >= 4 is 5.97 Å². The monoisotopic (exact) mass is 334 g/mol. The third-order valence-corrected chi connectivity index (χ3v) is 4.22. The summed E-state index contributed by atoms with van der Waals surface area (Å²) in [6.45, 7) is 3.00. The fourth-order valence-corrected chi connectivity index (χ4v) is 2.83. The Morgan fingerprint density at radius 3 is 2.29 bits per heavy atom. The summed E-state index contributed by atoms with van der Waals surface area (Å²) in [7, 11) is 0. The van der Waals surface area contributed by atoms with Crippen LogP contribution >= 0.6 is 0 Å². The molecule has 4 heteroatoms. The van der Waals surface area contributed by atoms with Crippen LogP contribution in [0.1, 0.15) is 70.1 Å². The first-order valence-corrected chi connectivity index (χ1v) is 9.27. The van der Waals surface area contributed by atoms with Crippen LogP contribution in [0.4, 0.5) is 0 Å². The van der Waals surface area contributed by atoms with Gasteiger partial charge in [0.2, 0.25) is 0 Å². The Hall–Kier alpha value is -1.39. The van der Waals surface area contributed by atoms with Gasteiger partial charge in [-0.2, -0.15) is 0 Å². The van der Waals surface area contributed by atoms with Gasteiger partial charge in [0, 0.05) is 12.0 Å². The Bertz CT molecular complexity index is 452. The summed E-state index contributed by atoms with van der Waals surface area (Å²) >= 11 is 0. The summed E-state index contributed by atoms with van der Waals surface area (Å²) in [6, 6.07) is 9.81. The average Bonchev–Trinajstić information content (AvgIpc) is 2.62. The molecular weight excluding hydrogens is 304 g/mol. The molecule has 0 N–H and O–H groups in total. The fourth-order valence-electron chi connectivity index (χ4n) is 2.83. The van der Waals surface area contributed by atoms with Crippen LogP contribution in [-0.2, 0) is 19.0 Å². The van der Waals surface area contributed by atoms with Crippen LogP contribution in [0.15, 0.2) is 30.3 Å². The van der Waals surface area contributed by atoms with E-state index in [2.05, 4.69) is 6.92 Å². The molecule has 0 spiro atoms. The van der Waals surface area contributed by atoms with Gasteiger partial charge in [-0.1, -0.05) is 75.8 Å². The molecule has 0 unspecified atom stereocenters. The van der Waals surface area contributed by atoms with E-state index in [4.69, 9.17) is 14.2 Å². The minimum absolute atomic E-state index is 0.140. The summed E-state index contributed by atoms with van der Waals surface area (Å²) < 4.78 is 16.7. The topological polar surface area (TPSA) is 44.8 Å². The predicted molar refractivity (Wildman–Crippen MR) is 93.6 cm³/mol. The van der Waals surface area contributed by atoms with E-state index in [-0.39, 0.29) is 18.4 Å². The average molecular weight is 334 g/mol. The lowest BCUT2D eigenvalue weighted by Gasteiger charge is -2.29. The number of ether oxygens (including phenoxy) is 3. The summed E-state index contributed by atoms with van der Waals surface area (Å²) in [5.74, 6) is -0.140. The van der Waals surface area contributed by atoms with Crippen molar-refractivity contribution < 1.29 is 19.0 Å². The Morgan fingerprint density at radius 1 is 1.00 bits per heavy atom. The van der Waals surface area contributed by atoms with Gasteiger partial charge in [-0.25, -0.2) is 0 Å². The molecule has 2 rings (SSSR count). The number of carbonyl (C=O) groups is 1. The standard InChI is InChI=1S/C20H30O4/c1-2-3-4-5-6-7-11-14-19(21)24-18-15-22-20(23-16-18)17-12-9-8-10-13-17/h8-10,12-13,18,20H,2-7,11,14-16H2,1H3. The third kappa shape index (κ3) is 7.02. The molecule has 0 aliphatic carbocycles. The molecule has 0 atom stereocenters. The van der Waals surface area contributed by atoms with Crippen molar-refractivity contribution in [1.82, 2.24) is 0 Å². The smallest absolute Gasteiger partial charge is 0.306 e. The number of hydrogen-bond acceptors (Lipinski definition) is 4. The maximum absolute atomic E-state index is 11.9. The number of carbonyl (C=O) groups excluding carboxylic acids is 1. The molecule has 1 saturated heterocycles. The molecule has 4 nitrogen and oxygen atoms in total. The van der Waals surface area contributed by atoms with Crippen LogP contribution in [0.25, 0.3) is 0 Å². The van der Waals surface area contributed by atoms with Gasteiger partial charge >= 0.3 is 5.97 Å². The highest BCUT2D eigenvalue weighted by Gasteiger charge is 2.25. The summed E-state index contributed by atoms with van der Waals surface area (Å²) in [5, 5.41) is 0. The zero-order valence-corrected chi connectivity index (χ0v) is 14.7. The van der Waals surface area contributed by atoms with Crippen LogP contribution in [0.3, 0.4) is 0 Å². The Labute approximate surface area is 145 Å². The number of benzene rings is 1. The highest BCUT2D eigenvalue weighted by Crippen LogP contribution is 2.23. The molecule has 1 aliphatic rings. The van der Waals surface area contributed by atoms with Crippen molar-refractivity contribution in [1.29, 1.82) is 0 Å². The zero-order valence-electron chi connectivity index (χ0n) is 14.7. The fraction of sp³-hybridized carbons (Fsp3) is 0.650. The van der Waals surface area contributed by atoms with E-state index in [0.717, 1.165) is 18.4 Å². The van der Waals surface area contributed by atoms with Crippen molar-refractivity contribution in [2.45, 2.75) is 70.7 Å². The maximum Gasteiger partial charge on any atom is 0.306 e. The minimum Gasteiger partial charge on any atom is -0.457 e. The molecule has 24 heavy (non-hydrogen) atoms. The van der Waals surface area contributed by atoms with Gasteiger partial charge in [0.25, 0.3) is 0 Å². The second kappa shape index (κ2) is 11.2. The number of unbranched alkanes of at least 4 members (excludes halogenated alkanes) is 6. The van der Waals surface area contributed by atoms with Crippen molar-refractivity contribution in [3.05, 3.63) is 35.9 Å². The molecule has 1 aromatic carbocycles. The highest BCUT2D eigenvalue weighted by molar-refractivity contribution is 5.69. The van der Waals surface area contributed by atoms with Gasteiger partial charge in [-0.15, -0.1) is 0 Å². The normalized spacial score (nSPS) is 20.7. The minimum atomic E-state index is -0.357. The van der Waals surface area contributed by atoms with Crippen LogP contribution in [0.5, 0.6) is 0 Å². The zero-order chi connectivity index (χ0) is 17.0. The van der Waals surface area contributed by atoms with Crippen molar-refractivity contribution in [2.75, 3.05) is 13.2 Å². The molecule has 134 valence electrons. The first kappa shape index (κ1) is 18.9. The van der Waals surface area contributed by atoms with E-state index in [1.54, 1.807) is 0 Å². The molecular formula is C20H30O4. The van der Waals surface area contributed by atoms with Gasteiger partial charge in [-0.05, 0) is 6.42 Å². The maximum atomic E-state index is 11.9. The van der Waals surface area contributed by atoms with Gasteiger partial charge < -0.3 is 14.2 Å². The van der Waals surface area contributed by atoms with Gasteiger partial charge in [0.15, 0.2) is 6.29 Å². The van der Waals surface area contributed by atoms with Crippen molar-refractivity contribution in [3.63, 3.8) is 0 Å². The Morgan fingerprint density at radius 2 is 1.62 bits per heavy atom. The Balaban J connectivity index is 1.54. The first-order valence-electron chi connectivity index (χ1n) is 9.27. The molecule has 1 aliphatic heterocycles. The molecule has 1 heterocycles. The molecule has 1 aromatic rings. The first-order chi connectivity index (χ1) is 11.8. The lowest BCUT2D eigenvalue weighted by Crippen LogP contribution is -2.35. The molecule has 0 radical (unpaired) electrons. The highest BCUT2D eigenvalue weighted by atomic mass is 16.7. The number of rotatable bonds is 10. The van der Waals surface area contributed by atoms with E-state index >= 15 is 0 Å². The van der Waals surface area contributed by atoms with E-state index in [1.807, 2.05) is 30.3 Å². The number of hydrogen-bond donors (Lipinski definition) is 0. The third-order valence-electron chi connectivity index (χ3n) is 4.22. The SMILES string of the molecule is CCCCCCCCCC(=O)OC1COC(c2ccccc2)OC1. The summed E-state index contributed by atoms with van der Waals surface area (Å²) in [4.78, 5) is 11.9. The van der Waals surface area contributed by atoms with Crippen LogP contribution < -0.4 is 0 Å². The van der Waals surface area contributed by atoms with Gasteiger partial charge in [0.05, 0.1) is 13.2 Å². The second-order valence-corrected chi connectivity index (χ2v) is 6.39. The lowest BCUT2D eigenvalue weighted by molar-refractivity contribution is -0.229. The Kier molecular flexibility index (Phi) is 8.85. The van der Waals surface area contributed by atoms with E-state index in [0.29, 0.717) is 19.6 Å². The number of esters is 1. The van der Waals surface area contributed by atoms with Crippen LogP contribution in [-0.4, -0.2) is 25.3 Å².